The van der Waals surface area contributed by atoms with Gasteiger partial charge in [0.2, 0.25) is 0 Å². The fourth-order valence-corrected chi connectivity index (χ4v) is 2.98. The molecule has 1 aromatic heterocycles. The smallest absolute Gasteiger partial charge is 0.251 e. The SMILES string of the molecule is COc1cccc(C(=O)NC(C)(C)COc2cccc3nc(C)cc(N)c23)c1. The summed E-state index contributed by atoms with van der Waals surface area (Å²) in [5, 5.41) is 3.78. The summed E-state index contributed by atoms with van der Waals surface area (Å²) < 4.78 is 11.2. The standard InChI is InChI=1S/C22H25N3O3/c1-14-11-17(23)20-18(24-14)9-6-10-19(20)28-13-22(2,3)25-21(26)15-7-5-8-16(12-15)27-4/h5-12H,13H2,1-4H3,(H2,23,24)(H,25,26). The summed E-state index contributed by atoms with van der Waals surface area (Å²) >= 11 is 0. The Labute approximate surface area is 164 Å². The number of methoxy groups -OCH3 is 1. The lowest BCUT2D eigenvalue weighted by atomic mass is 10.1. The molecule has 0 saturated carbocycles. The van der Waals surface area contributed by atoms with Gasteiger partial charge in [0, 0.05) is 16.9 Å². The Balaban J connectivity index is 1.74. The molecule has 1 amide bonds. The third kappa shape index (κ3) is 4.34. The third-order valence-corrected chi connectivity index (χ3v) is 4.33. The average molecular weight is 379 g/mol. The molecule has 0 aliphatic rings. The molecule has 2 aromatic carbocycles. The maximum atomic E-state index is 12.6. The van der Waals surface area contributed by atoms with E-state index in [1.807, 2.05) is 45.0 Å². The number of hydrogen-bond acceptors (Lipinski definition) is 5. The number of carbonyl (C=O) groups excluding carboxylic acids is 1. The summed E-state index contributed by atoms with van der Waals surface area (Å²) in [7, 11) is 1.57. The van der Waals surface area contributed by atoms with Crippen LogP contribution < -0.4 is 20.5 Å². The molecule has 6 heteroatoms. The van der Waals surface area contributed by atoms with Crippen molar-refractivity contribution in [2.75, 3.05) is 19.5 Å². The van der Waals surface area contributed by atoms with Crippen LogP contribution in [0, 0.1) is 6.92 Å². The molecular weight excluding hydrogens is 354 g/mol. The zero-order valence-corrected chi connectivity index (χ0v) is 16.6. The predicted molar refractivity (Wildman–Crippen MR) is 111 cm³/mol. The first-order valence-corrected chi connectivity index (χ1v) is 9.04. The highest BCUT2D eigenvalue weighted by molar-refractivity contribution is 5.96. The maximum Gasteiger partial charge on any atom is 0.251 e. The van der Waals surface area contributed by atoms with Crippen LogP contribution in [0.4, 0.5) is 5.69 Å². The van der Waals surface area contributed by atoms with E-state index in [4.69, 9.17) is 15.2 Å². The first-order chi connectivity index (χ1) is 13.3. The number of nitrogens with one attached hydrogen (secondary N) is 1. The van der Waals surface area contributed by atoms with E-state index in [0.29, 0.717) is 22.7 Å². The highest BCUT2D eigenvalue weighted by Crippen LogP contribution is 2.30. The van der Waals surface area contributed by atoms with Crippen molar-refractivity contribution in [3.8, 4) is 11.5 Å². The van der Waals surface area contributed by atoms with Crippen LogP contribution in [0.3, 0.4) is 0 Å². The van der Waals surface area contributed by atoms with Crippen molar-refractivity contribution < 1.29 is 14.3 Å². The monoisotopic (exact) mass is 379 g/mol. The van der Waals surface area contributed by atoms with Crippen molar-refractivity contribution in [3.63, 3.8) is 0 Å². The molecule has 0 aliphatic heterocycles. The molecule has 0 fully saturated rings. The van der Waals surface area contributed by atoms with Crippen molar-refractivity contribution in [3.05, 3.63) is 59.8 Å². The number of aryl methyl sites for hydroxylation is 1. The number of rotatable bonds is 6. The van der Waals surface area contributed by atoms with Crippen molar-refractivity contribution in [2.24, 2.45) is 0 Å². The Hall–Kier alpha value is -3.28. The summed E-state index contributed by atoms with van der Waals surface area (Å²) in [5.74, 6) is 1.09. The maximum absolute atomic E-state index is 12.6. The van der Waals surface area contributed by atoms with E-state index in [1.165, 1.54) is 0 Å². The van der Waals surface area contributed by atoms with Crippen LogP contribution in [0.5, 0.6) is 11.5 Å². The normalized spacial score (nSPS) is 11.3. The fourth-order valence-electron chi connectivity index (χ4n) is 2.98. The summed E-state index contributed by atoms with van der Waals surface area (Å²) in [5.41, 5.74) is 8.37. The van der Waals surface area contributed by atoms with Gasteiger partial charge in [0.1, 0.15) is 18.1 Å². The Kier molecular flexibility index (Phi) is 5.40. The lowest BCUT2D eigenvalue weighted by Crippen LogP contribution is -2.47. The number of benzene rings is 2. The molecule has 3 aromatic rings. The summed E-state index contributed by atoms with van der Waals surface area (Å²) in [6.07, 6.45) is 0. The number of anilines is 1. The van der Waals surface area contributed by atoms with Crippen LogP contribution in [-0.2, 0) is 0 Å². The van der Waals surface area contributed by atoms with E-state index in [0.717, 1.165) is 16.6 Å². The Morgan fingerprint density at radius 2 is 1.93 bits per heavy atom. The van der Waals surface area contributed by atoms with Gasteiger partial charge in [0.15, 0.2) is 0 Å². The first-order valence-electron chi connectivity index (χ1n) is 9.04. The largest absolute Gasteiger partial charge is 0.497 e. The number of nitrogen functional groups attached to an aromatic ring is 1. The fraction of sp³-hybridized carbons (Fsp3) is 0.273. The van der Waals surface area contributed by atoms with Crippen LogP contribution in [0.25, 0.3) is 10.9 Å². The first kappa shape index (κ1) is 19.5. The van der Waals surface area contributed by atoms with Gasteiger partial charge < -0.3 is 20.5 Å². The number of carbonyl (C=O) groups is 1. The molecule has 0 bridgehead atoms. The number of hydrogen-bond donors (Lipinski definition) is 2. The molecule has 0 saturated heterocycles. The van der Waals surface area contributed by atoms with Gasteiger partial charge in [0.25, 0.3) is 5.91 Å². The van der Waals surface area contributed by atoms with Crippen LogP contribution in [0.2, 0.25) is 0 Å². The molecular formula is C22H25N3O3. The van der Waals surface area contributed by atoms with Gasteiger partial charge in [-0.25, -0.2) is 0 Å². The second-order valence-corrected chi connectivity index (χ2v) is 7.36. The molecule has 0 atom stereocenters. The van der Waals surface area contributed by atoms with Crippen molar-refractivity contribution in [1.29, 1.82) is 0 Å². The van der Waals surface area contributed by atoms with Gasteiger partial charge in [-0.15, -0.1) is 0 Å². The molecule has 146 valence electrons. The number of aromatic nitrogens is 1. The zero-order valence-electron chi connectivity index (χ0n) is 16.6. The minimum Gasteiger partial charge on any atom is -0.497 e. The van der Waals surface area contributed by atoms with Crippen LogP contribution in [0.15, 0.2) is 48.5 Å². The second-order valence-electron chi connectivity index (χ2n) is 7.36. The third-order valence-electron chi connectivity index (χ3n) is 4.33. The quantitative estimate of drug-likeness (QED) is 0.682. The minimum absolute atomic E-state index is 0.192. The highest BCUT2D eigenvalue weighted by atomic mass is 16.5. The lowest BCUT2D eigenvalue weighted by Gasteiger charge is -2.27. The summed E-state index contributed by atoms with van der Waals surface area (Å²) in [6, 6.07) is 14.5. The van der Waals surface area contributed by atoms with E-state index < -0.39 is 5.54 Å². The molecule has 0 spiro atoms. The van der Waals surface area contributed by atoms with E-state index >= 15 is 0 Å². The minimum atomic E-state index is -0.602. The van der Waals surface area contributed by atoms with E-state index in [-0.39, 0.29) is 12.5 Å². The van der Waals surface area contributed by atoms with Gasteiger partial charge >= 0.3 is 0 Å². The number of ether oxygens (including phenoxy) is 2. The average Bonchev–Trinajstić information content (AvgIpc) is 2.65. The van der Waals surface area contributed by atoms with Crippen molar-refractivity contribution in [1.82, 2.24) is 10.3 Å². The molecule has 3 rings (SSSR count). The zero-order chi connectivity index (χ0) is 20.3. The lowest BCUT2D eigenvalue weighted by molar-refractivity contribution is 0.0881. The number of fused-ring (bicyclic) bond motifs is 1. The van der Waals surface area contributed by atoms with Crippen molar-refractivity contribution in [2.45, 2.75) is 26.3 Å². The van der Waals surface area contributed by atoms with Crippen LogP contribution >= 0.6 is 0 Å². The summed E-state index contributed by atoms with van der Waals surface area (Å²) in [6.45, 7) is 5.99. The van der Waals surface area contributed by atoms with Gasteiger partial charge in [0.05, 0.1) is 23.6 Å². The number of pyridine rings is 1. The number of nitrogens with two attached hydrogens (primary N) is 1. The Bertz CT molecular complexity index is 1020. The van der Waals surface area contributed by atoms with Gasteiger partial charge in [-0.3, -0.25) is 9.78 Å². The molecule has 28 heavy (non-hydrogen) atoms. The molecule has 6 nitrogen and oxygen atoms in total. The second kappa shape index (κ2) is 7.76. The Morgan fingerprint density at radius 3 is 2.68 bits per heavy atom. The van der Waals surface area contributed by atoms with Gasteiger partial charge in [-0.2, -0.15) is 0 Å². The molecule has 1 heterocycles. The van der Waals surface area contributed by atoms with Crippen molar-refractivity contribution >= 4 is 22.5 Å². The number of amides is 1. The molecule has 0 aliphatic carbocycles. The van der Waals surface area contributed by atoms with E-state index in [2.05, 4.69) is 10.3 Å². The number of nitrogens with zero attached hydrogens (tertiary/aromatic N) is 1. The molecule has 0 unspecified atom stereocenters. The summed E-state index contributed by atoms with van der Waals surface area (Å²) in [4.78, 5) is 17.1. The van der Waals surface area contributed by atoms with Gasteiger partial charge in [-0.1, -0.05) is 12.1 Å². The highest BCUT2D eigenvalue weighted by Gasteiger charge is 2.23. The Morgan fingerprint density at radius 1 is 1.18 bits per heavy atom. The van der Waals surface area contributed by atoms with Crippen LogP contribution in [-0.4, -0.2) is 30.1 Å². The van der Waals surface area contributed by atoms with E-state index in [9.17, 15) is 4.79 Å². The van der Waals surface area contributed by atoms with Crippen LogP contribution in [0.1, 0.15) is 29.9 Å². The van der Waals surface area contributed by atoms with Gasteiger partial charge in [-0.05, 0) is 57.2 Å². The predicted octanol–water partition coefficient (Wildman–Crippen LogP) is 3.72. The topological polar surface area (TPSA) is 86.5 Å². The molecule has 0 radical (unpaired) electrons. The van der Waals surface area contributed by atoms with E-state index in [1.54, 1.807) is 31.4 Å². The molecule has 3 N–H and O–H groups in total.